The zero-order valence-electron chi connectivity index (χ0n) is 9.26. The number of carbonyl (C=O) groups excluding carboxylic acids is 1. The highest BCUT2D eigenvalue weighted by Gasteiger charge is 2.49. The molecule has 1 rings (SSSR count). The normalized spacial score (nSPS) is 13.5. The second kappa shape index (κ2) is 5.32. The van der Waals surface area contributed by atoms with Gasteiger partial charge in [-0.05, 0) is 24.6 Å². The van der Waals surface area contributed by atoms with Crippen molar-refractivity contribution < 1.29 is 26.7 Å². The minimum atomic E-state index is -4.76. The van der Waals surface area contributed by atoms with Gasteiger partial charge in [0.05, 0.1) is 6.04 Å². The zero-order chi connectivity index (χ0) is 13.9. The van der Waals surface area contributed by atoms with Crippen molar-refractivity contribution in [1.29, 1.82) is 0 Å². The van der Waals surface area contributed by atoms with Crippen molar-refractivity contribution in [2.75, 3.05) is 0 Å². The van der Waals surface area contributed by atoms with E-state index in [1.54, 1.807) is 5.32 Å². The molecular weight excluding hydrogens is 257 g/mol. The first-order chi connectivity index (χ1) is 8.25. The molecule has 100 valence electrons. The molecule has 1 atom stereocenters. The number of rotatable bonds is 4. The van der Waals surface area contributed by atoms with E-state index in [4.69, 9.17) is 0 Å². The molecule has 0 radical (unpaired) electrons. The van der Waals surface area contributed by atoms with Crippen LogP contribution in [0.25, 0.3) is 0 Å². The Hall–Kier alpha value is -1.66. The van der Waals surface area contributed by atoms with E-state index in [0.717, 1.165) is 12.1 Å². The summed E-state index contributed by atoms with van der Waals surface area (Å²) < 4.78 is 62.0. The highest BCUT2D eigenvalue weighted by atomic mass is 19.3. The maximum Gasteiger partial charge on any atom is 0.383 e. The third-order valence-corrected chi connectivity index (χ3v) is 2.27. The molecule has 0 saturated carbocycles. The highest BCUT2D eigenvalue weighted by molar-refractivity contribution is 5.84. The first-order valence-electron chi connectivity index (χ1n) is 4.97. The smallest absolute Gasteiger partial charge is 0.344 e. The summed E-state index contributed by atoms with van der Waals surface area (Å²) in [6.45, 7) is 1.29. The molecule has 0 fully saturated rings. The lowest BCUT2D eigenvalue weighted by molar-refractivity contribution is -0.170. The molecule has 7 heteroatoms. The Balaban J connectivity index is 2.77. The third kappa shape index (κ3) is 3.18. The predicted octanol–water partition coefficient (Wildman–Crippen LogP) is 2.90. The molecule has 0 aromatic heterocycles. The van der Waals surface area contributed by atoms with Crippen molar-refractivity contribution >= 4 is 5.91 Å². The second-order valence-electron chi connectivity index (χ2n) is 3.67. The van der Waals surface area contributed by atoms with E-state index in [1.165, 1.54) is 19.1 Å². The Morgan fingerprint density at radius 3 is 2.44 bits per heavy atom. The number of carbonyl (C=O) groups is 1. The molecule has 0 aliphatic rings. The van der Waals surface area contributed by atoms with E-state index in [0.29, 0.717) is 0 Å². The first kappa shape index (κ1) is 14.4. The van der Waals surface area contributed by atoms with Crippen LogP contribution in [0.15, 0.2) is 24.3 Å². The maximum absolute atomic E-state index is 12.8. The topological polar surface area (TPSA) is 29.1 Å². The number of halogens is 5. The fraction of sp³-hybridized carbons (Fsp3) is 0.364. The predicted molar refractivity (Wildman–Crippen MR) is 53.9 cm³/mol. The molecule has 0 saturated heterocycles. The molecule has 1 N–H and O–H groups in total. The minimum absolute atomic E-state index is 0.202. The maximum atomic E-state index is 12.8. The Bertz CT molecular complexity index is 435. The molecule has 0 aliphatic carbocycles. The molecule has 2 nitrogen and oxygen atoms in total. The number of hydrogen-bond acceptors (Lipinski definition) is 1. The van der Waals surface area contributed by atoms with Crippen LogP contribution in [-0.2, 0) is 4.79 Å². The molecular formula is C11H10F5NO. The number of amides is 1. The van der Waals surface area contributed by atoms with Crippen LogP contribution in [0.3, 0.4) is 0 Å². The van der Waals surface area contributed by atoms with E-state index in [2.05, 4.69) is 0 Å². The molecule has 0 aliphatic heterocycles. The van der Waals surface area contributed by atoms with E-state index in [9.17, 15) is 26.7 Å². The SMILES string of the molecule is CC(NC(=O)C(F)(F)C(F)F)c1cccc(F)c1. The van der Waals surface area contributed by atoms with Gasteiger partial charge in [-0.25, -0.2) is 13.2 Å². The lowest BCUT2D eigenvalue weighted by atomic mass is 10.1. The lowest BCUT2D eigenvalue weighted by Crippen LogP contribution is -2.45. The Labute approximate surface area is 99.8 Å². The van der Waals surface area contributed by atoms with Gasteiger partial charge in [-0.1, -0.05) is 12.1 Å². The summed E-state index contributed by atoms with van der Waals surface area (Å²) in [6.07, 6.45) is -4.09. The summed E-state index contributed by atoms with van der Waals surface area (Å²) in [7, 11) is 0. The largest absolute Gasteiger partial charge is 0.383 e. The monoisotopic (exact) mass is 267 g/mol. The highest BCUT2D eigenvalue weighted by Crippen LogP contribution is 2.24. The number of alkyl halides is 4. The average molecular weight is 267 g/mol. The van der Waals surface area contributed by atoms with Crippen LogP contribution in [0, 0.1) is 5.82 Å². The minimum Gasteiger partial charge on any atom is -0.344 e. The van der Waals surface area contributed by atoms with Gasteiger partial charge >= 0.3 is 12.3 Å². The Morgan fingerprint density at radius 1 is 1.33 bits per heavy atom. The number of nitrogens with one attached hydrogen (secondary N) is 1. The van der Waals surface area contributed by atoms with Gasteiger partial charge in [0.1, 0.15) is 5.82 Å². The zero-order valence-corrected chi connectivity index (χ0v) is 9.26. The van der Waals surface area contributed by atoms with Gasteiger partial charge < -0.3 is 5.32 Å². The van der Waals surface area contributed by atoms with Gasteiger partial charge in [-0.15, -0.1) is 0 Å². The summed E-state index contributed by atoms with van der Waals surface area (Å²) in [6, 6.07) is 3.85. The summed E-state index contributed by atoms with van der Waals surface area (Å²) in [5.41, 5.74) is 0.202. The van der Waals surface area contributed by atoms with Crippen LogP contribution >= 0.6 is 0 Å². The van der Waals surface area contributed by atoms with Gasteiger partial charge in [0.15, 0.2) is 0 Å². The van der Waals surface area contributed by atoms with Crippen molar-refractivity contribution in [1.82, 2.24) is 5.32 Å². The molecule has 1 aromatic rings. The van der Waals surface area contributed by atoms with Gasteiger partial charge in [0, 0.05) is 0 Å². The van der Waals surface area contributed by atoms with Crippen LogP contribution in [-0.4, -0.2) is 18.3 Å². The molecule has 0 bridgehead atoms. The quantitative estimate of drug-likeness (QED) is 0.835. The second-order valence-corrected chi connectivity index (χ2v) is 3.67. The van der Waals surface area contributed by atoms with Crippen LogP contribution in [0.1, 0.15) is 18.5 Å². The van der Waals surface area contributed by atoms with Gasteiger partial charge in [-0.3, -0.25) is 4.79 Å². The summed E-state index contributed by atoms with van der Waals surface area (Å²) >= 11 is 0. The molecule has 0 spiro atoms. The lowest BCUT2D eigenvalue weighted by Gasteiger charge is -2.19. The number of benzene rings is 1. The Morgan fingerprint density at radius 2 is 1.94 bits per heavy atom. The van der Waals surface area contributed by atoms with E-state index >= 15 is 0 Å². The molecule has 1 unspecified atom stereocenters. The van der Waals surface area contributed by atoms with Crippen LogP contribution in [0.5, 0.6) is 0 Å². The summed E-state index contributed by atoms with van der Waals surface area (Å²) in [5, 5.41) is 1.71. The first-order valence-corrected chi connectivity index (χ1v) is 4.97. The molecule has 1 aromatic carbocycles. The average Bonchev–Trinajstić information content (AvgIpc) is 2.28. The van der Waals surface area contributed by atoms with Crippen LogP contribution in [0.4, 0.5) is 22.0 Å². The van der Waals surface area contributed by atoms with Crippen molar-refractivity contribution in [2.24, 2.45) is 0 Å². The number of hydrogen-bond donors (Lipinski definition) is 1. The summed E-state index contributed by atoms with van der Waals surface area (Å²) in [5.74, 6) is -7.47. The van der Waals surface area contributed by atoms with E-state index in [-0.39, 0.29) is 5.56 Å². The molecule has 18 heavy (non-hydrogen) atoms. The van der Waals surface area contributed by atoms with Crippen LogP contribution in [0.2, 0.25) is 0 Å². The summed E-state index contributed by atoms with van der Waals surface area (Å²) in [4.78, 5) is 10.9. The van der Waals surface area contributed by atoms with Gasteiger partial charge in [0.2, 0.25) is 0 Å². The standard InChI is InChI=1S/C11H10F5NO/c1-6(7-3-2-4-8(12)5-7)17-10(18)11(15,16)9(13)14/h2-6,9H,1H3,(H,17,18). The molecule has 1 amide bonds. The van der Waals surface area contributed by atoms with E-state index in [1.807, 2.05) is 0 Å². The fourth-order valence-corrected chi connectivity index (χ4v) is 1.25. The van der Waals surface area contributed by atoms with Crippen molar-refractivity contribution in [3.05, 3.63) is 35.6 Å². The van der Waals surface area contributed by atoms with Crippen molar-refractivity contribution in [3.63, 3.8) is 0 Å². The van der Waals surface area contributed by atoms with Gasteiger partial charge in [0.25, 0.3) is 5.91 Å². The molecule has 0 heterocycles. The van der Waals surface area contributed by atoms with Crippen LogP contribution < -0.4 is 5.32 Å². The van der Waals surface area contributed by atoms with Crippen molar-refractivity contribution in [3.8, 4) is 0 Å². The van der Waals surface area contributed by atoms with Crippen molar-refractivity contribution in [2.45, 2.75) is 25.3 Å². The Kier molecular flexibility index (Phi) is 4.26. The third-order valence-electron chi connectivity index (χ3n) is 2.27. The van der Waals surface area contributed by atoms with Gasteiger partial charge in [-0.2, -0.15) is 8.78 Å². The fourth-order valence-electron chi connectivity index (χ4n) is 1.25. The van der Waals surface area contributed by atoms with E-state index < -0.39 is 30.1 Å².